The van der Waals surface area contributed by atoms with E-state index in [1.54, 1.807) is 0 Å². The average Bonchev–Trinajstić information content (AvgIpc) is 2.62. The van der Waals surface area contributed by atoms with Gasteiger partial charge in [0.25, 0.3) is 0 Å². The Bertz CT molecular complexity index is 654. The van der Waals surface area contributed by atoms with Gasteiger partial charge in [0.2, 0.25) is 23.6 Å². The third kappa shape index (κ3) is 10.0. The summed E-state index contributed by atoms with van der Waals surface area (Å²) in [6.45, 7) is 0.592. The third-order valence-electron chi connectivity index (χ3n) is 3.59. The number of amides is 4. The van der Waals surface area contributed by atoms with E-state index in [4.69, 9.17) is 26.8 Å². The highest BCUT2D eigenvalue weighted by Crippen LogP contribution is 2.02. The van der Waals surface area contributed by atoms with Crippen LogP contribution in [0.1, 0.15) is 26.2 Å². The normalized spacial score (nSPS) is 14.6. The van der Waals surface area contributed by atoms with E-state index >= 15 is 0 Å². The van der Waals surface area contributed by atoms with Crippen molar-refractivity contribution in [3.8, 4) is 0 Å². The monoisotopic (exact) mass is 419 g/mol. The molecule has 164 valence electrons. The summed E-state index contributed by atoms with van der Waals surface area (Å²) in [5.41, 5.74) is 10.3. The largest absolute Gasteiger partial charge is 0.481 e. The van der Waals surface area contributed by atoms with Crippen molar-refractivity contribution in [2.45, 2.75) is 50.4 Å². The SMILES string of the molecule is CC(NC(=O)C(N)CO)C(=O)NC(CCC(N)=O)C(=O)NC(CC(=O)O)C(=O)O. The Morgan fingerprint density at radius 2 is 1.45 bits per heavy atom. The minimum Gasteiger partial charge on any atom is -0.481 e. The Labute approximate surface area is 165 Å². The average molecular weight is 419 g/mol. The zero-order valence-corrected chi connectivity index (χ0v) is 15.6. The number of primary amides is 1. The Kier molecular flexibility index (Phi) is 10.9. The molecule has 0 saturated carbocycles. The molecule has 0 aromatic rings. The first-order valence-electron chi connectivity index (χ1n) is 8.39. The van der Waals surface area contributed by atoms with Crippen LogP contribution >= 0.6 is 0 Å². The predicted molar refractivity (Wildman–Crippen MR) is 94.8 cm³/mol. The first-order valence-corrected chi connectivity index (χ1v) is 8.39. The fourth-order valence-corrected chi connectivity index (χ4v) is 1.97. The minimum absolute atomic E-state index is 0.302. The molecule has 0 aliphatic rings. The Morgan fingerprint density at radius 1 is 0.897 bits per heavy atom. The van der Waals surface area contributed by atoms with Crippen LogP contribution in [0.4, 0.5) is 0 Å². The van der Waals surface area contributed by atoms with Gasteiger partial charge in [-0.05, 0) is 13.3 Å². The minimum atomic E-state index is -1.77. The first-order chi connectivity index (χ1) is 13.4. The van der Waals surface area contributed by atoms with Gasteiger partial charge in [0, 0.05) is 6.42 Å². The van der Waals surface area contributed by atoms with Gasteiger partial charge in [0.1, 0.15) is 24.2 Å². The van der Waals surface area contributed by atoms with E-state index in [0.29, 0.717) is 0 Å². The van der Waals surface area contributed by atoms with Crippen LogP contribution in [0.25, 0.3) is 0 Å². The number of hydrogen-bond donors (Lipinski definition) is 8. The fourth-order valence-electron chi connectivity index (χ4n) is 1.97. The van der Waals surface area contributed by atoms with E-state index in [2.05, 4.69) is 10.6 Å². The molecule has 0 spiro atoms. The molecule has 0 aliphatic heterocycles. The van der Waals surface area contributed by atoms with E-state index < -0.39 is 72.8 Å². The number of carboxylic acid groups (broad SMARTS) is 2. The number of aliphatic hydroxyl groups excluding tert-OH is 1. The Hall–Kier alpha value is -3.26. The lowest BCUT2D eigenvalue weighted by atomic mass is 10.1. The topological polar surface area (TPSA) is 251 Å². The summed E-state index contributed by atoms with van der Waals surface area (Å²) < 4.78 is 0. The van der Waals surface area contributed by atoms with Crippen LogP contribution in [0, 0.1) is 0 Å². The highest BCUT2D eigenvalue weighted by Gasteiger charge is 2.30. The smallest absolute Gasteiger partial charge is 0.326 e. The maximum atomic E-state index is 12.3. The van der Waals surface area contributed by atoms with Crippen LogP contribution in [-0.4, -0.2) is 81.7 Å². The molecular weight excluding hydrogens is 394 g/mol. The molecule has 0 fully saturated rings. The van der Waals surface area contributed by atoms with Crippen molar-refractivity contribution in [3.05, 3.63) is 0 Å². The van der Waals surface area contributed by atoms with Crippen LogP contribution in [0.3, 0.4) is 0 Å². The van der Waals surface area contributed by atoms with E-state index in [1.807, 2.05) is 5.32 Å². The van der Waals surface area contributed by atoms with Crippen molar-refractivity contribution in [1.82, 2.24) is 16.0 Å². The van der Waals surface area contributed by atoms with Gasteiger partial charge in [-0.2, -0.15) is 0 Å². The maximum Gasteiger partial charge on any atom is 0.326 e. The van der Waals surface area contributed by atoms with Crippen LogP contribution in [0.15, 0.2) is 0 Å². The quantitative estimate of drug-likeness (QED) is 0.142. The van der Waals surface area contributed by atoms with Gasteiger partial charge in [0.15, 0.2) is 0 Å². The maximum absolute atomic E-state index is 12.3. The van der Waals surface area contributed by atoms with Crippen LogP contribution in [-0.2, 0) is 28.8 Å². The Balaban J connectivity index is 5.19. The van der Waals surface area contributed by atoms with Crippen molar-refractivity contribution in [3.63, 3.8) is 0 Å². The molecular formula is C15H25N5O9. The number of nitrogens with two attached hydrogens (primary N) is 2. The predicted octanol–water partition coefficient (Wildman–Crippen LogP) is -4.39. The molecule has 4 amide bonds. The third-order valence-corrected chi connectivity index (χ3v) is 3.59. The highest BCUT2D eigenvalue weighted by atomic mass is 16.4. The molecule has 0 aromatic heterocycles. The lowest BCUT2D eigenvalue weighted by Gasteiger charge is -2.23. The second-order valence-corrected chi connectivity index (χ2v) is 6.08. The number of nitrogens with one attached hydrogen (secondary N) is 3. The van der Waals surface area contributed by atoms with Gasteiger partial charge < -0.3 is 42.7 Å². The van der Waals surface area contributed by atoms with Gasteiger partial charge in [-0.1, -0.05) is 0 Å². The molecule has 0 aliphatic carbocycles. The van der Waals surface area contributed by atoms with Crippen molar-refractivity contribution in [1.29, 1.82) is 0 Å². The summed E-state index contributed by atoms with van der Waals surface area (Å²) in [6, 6.07) is -5.67. The fraction of sp³-hybridized carbons (Fsp3) is 0.600. The molecule has 0 bridgehead atoms. The van der Waals surface area contributed by atoms with Crippen molar-refractivity contribution in [2.24, 2.45) is 11.5 Å². The van der Waals surface area contributed by atoms with Crippen molar-refractivity contribution >= 4 is 35.6 Å². The van der Waals surface area contributed by atoms with Gasteiger partial charge >= 0.3 is 11.9 Å². The zero-order chi connectivity index (χ0) is 22.7. The number of aliphatic carboxylic acids is 2. The number of carbonyl (C=O) groups excluding carboxylic acids is 4. The molecule has 4 unspecified atom stereocenters. The molecule has 14 nitrogen and oxygen atoms in total. The van der Waals surface area contributed by atoms with E-state index in [1.165, 1.54) is 6.92 Å². The molecule has 0 radical (unpaired) electrons. The number of hydrogen-bond acceptors (Lipinski definition) is 8. The van der Waals surface area contributed by atoms with Crippen molar-refractivity contribution < 1.29 is 44.1 Å². The number of aliphatic hydroxyl groups is 1. The van der Waals surface area contributed by atoms with E-state index in [0.717, 1.165) is 0 Å². The Morgan fingerprint density at radius 3 is 1.90 bits per heavy atom. The summed E-state index contributed by atoms with van der Waals surface area (Å²) in [7, 11) is 0. The molecule has 29 heavy (non-hydrogen) atoms. The molecule has 10 N–H and O–H groups in total. The van der Waals surface area contributed by atoms with Crippen LogP contribution in [0.2, 0.25) is 0 Å². The van der Waals surface area contributed by atoms with E-state index in [9.17, 15) is 28.8 Å². The highest BCUT2D eigenvalue weighted by molar-refractivity contribution is 5.94. The van der Waals surface area contributed by atoms with Crippen LogP contribution in [0.5, 0.6) is 0 Å². The summed E-state index contributed by atoms with van der Waals surface area (Å²) in [5.74, 6) is -6.66. The van der Waals surface area contributed by atoms with Gasteiger partial charge in [-0.25, -0.2) is 4.79 Å². The zero-order valence-electron chi connectivity index (χ0n) is 15.6. The lowest BCUT2D eigenvalue weighted by molar-refractivity contribution is -0.147. The van der Waals surface area contributed by atoms with E-state index in [-0.39, 0.29) is 12.8 Å². The van der Waals surface area contributed by atoms with Crippen molar-refractivity contribution in [2.75, 3.05) is 6.61 Å². The second-order valence-electron chi connectivity index (χ2n) is 6.08. The molecule has 0 rings (SSSR count). The second kappa shape index (κ2) is 12.2. The molecule has 0 saturated heterocycles. The summed E-state index contributed by atoms with van der Waals surface area (Å²) >= 11 is 0. The van der Waals surface area contributed by atoms with Gasteiger partial charge in [-0.15, -0.1) is 0 Å². The first kappa shape index (κ1) is 25.7. The summed E-state index contributed by atoms with van der Waals surface area (Å²) in [4.78, 5) is 68.9. The van der Waals surface area contributed by atoms with Gasteiger partial charge in [-0.3, -0.25) is 24.0 Å². The molecule has 4 atom stereocenters. The number of carbonyl (C=O) groups is 6. The van der Waals surface area contributed by atoms with Crippen LogP contribution < -0.4 is 27.4 Å². The standard InChI is InChI=1S/C15H25N5O9/c1-6(18-13(26)7(16)5-21)12(25)19-8(2-3-10(17)22)14(27)20-9(15(28)29)4-11(23)24/h6-9,21H,2-5,16H2,1H3,(H2,17,22)(H,18,26)(H,19,25)(H,20,27)(H,23,24)(H,28,29). The number of carboxylic acids is 2. The molecule has 0 heterocycles. The summed E-state index contributed by atoms with van der Waals surface area (Å²) in [6.07, 6.45) is -1.56. The van der Waals surface area contributed by atoms with Gasteiger partial charge in [0.05, 0.1) is 13.0 Å². The summed E-state index contributed by atoms with van der Waals surface area (Å²) in [5, 5.41) is 32.9. The lowest BCUT2D eigenvalue weighted by Crippen LogP contribution is -2.56. The molecule has 14 heteroatoms. The number of rotatable bonds is 13. The molecule has 0 aromatic carbocycles.